The number of aromatic nitrogens is 3. The van der Waals surface area contributed by atoms with Crippen LogP contribution in [-0.4, -0.2) is 45.7 Å². The first-order valence-electron chi connectivity index (χ1n) is 8.14. The fourth-order valence-corrected chi connectivity index (χ4v) is 4.85. The molecule has 2 saturated heterocycles. The third kappa shape index (κ3) is 3.60. The van der Waals surface area contributed by atoms with Gasteiger partial charge in [-0.25, -0.2) is 0 Å². The number of aromatic amines is 1. The minimum Gasteiger partial charge on any atom is -0.375 e. The van der Waals surface area contributed by atoms with Crippen LogP contribution < -0.4 is 5.32 Å². The maximum Gasteiger partial charge on any atom is 0.0996 e. The topological polar surface area (TPSA) is 62.8 Å². The molecule has 0 amide bonds. The second kappa shape index (κ2) is 7.11. The van der Waals surface area contributed by atoms with Crippen molar-refractivity contribution in [2.24, 2.45) is 5.92 Å². The molecule has 118 valence electrons. The summed E-state index contributed by atoms with van der Waals surface area (Å²) in [5.41, 5.74) is 1.18. The Morgan fingerprint density at radius 2 is 2.38 bits per heavy atom. The first-order chi connectivity index (χ1) is 10.3. The van der Waals surface area contributed by atoms with Crippen LogP contribution in [0.5, 0.6) is 0 Å². The van der Waals surface area contributed by atoms with Crippen LogP contribution in [0.2, 0.25) is 0 Å². The highest BCUT2D eigenvalue weighted by atomic mass is 32.2. The highest BCUT2D eigenvalue weighted by Crippen LogP contribution is 2.43. The van der Waals surface area contributed by atoms with Gasteiger partial charge in [-0.1, -0.05) is 6.92 Å². The van der Waals surface area contributed by atoms with Crippen molar-refractivity contribution in [3.05, 3.63) is 11.9 Å². The zero-order chi connectivity index (χ0) is 14.5. The van der Waals surface area contributed by atoms with Gasteiger partial charge in [0.25, 0.3) is 0 Å². The fraction of sp³-hybridized carbons (Fsp3) is 0.867. The van der Waals surface area contributed by atoms with Crippen molar-refractivity contribution in [1.29, 1.82) is 0 Å². The van der Waals surface area contributed by atoms with E-state index in [1.54, 1.807) is 0 Å². The average Bonchev–Trinajstić information content (AvgIpc) is 3.03. The maximum absolute atomic E-state index is 6.22. The highest BCUT2D eigenvalue weighted by Gasteiger charge is 2.41. The molecule has 2 atom stereocenters. The van der Waals surface area contributed by atoms with Crippen LogP contribution in [0.1, 0.15) is 50.8 Å². The third-order valence-corrected chi connectivity index (χ3v) is 5.76. The van der Waals surface area contributed by atoms with Crippen molar-refractivity contribution in [1.82, 2.24) is 20.7 Å². The van der Waals surface area contributed by atoms with E-state index in [1.165, 1.54) is 24.3 Å². The largest absolute Gasteiger partial charge is 0.375 e. The fourth-order valence-electron chi connectivity index (χ4n) is 3.61. The molecule has 0 aliphatic carbocycles. The molecule has 1 aromatic rings. The van der Waals surface area contributed by atoms with Crippen LogP contribution in [0.25, 0.3) is 0 Å². The number of rotatable bonds is 5. The lowest BCUT2D eigenvalue weighted by molar-refractivity contribution is -0.107. The van der Waals surface area contributed by atoms with Crippen molar-refractivity contribution in [2.75, 3.05) is 24.7 Å². The van der Waals surface area contributed by atoms with Gasteiger partial charge < -0.3 is 10.1 Å². The van der Waals surface area contributed by atoms with Crippen molar-refractivity contribution >= 4 is 11.8 Å². The minimum absolute atomic E-state index is 0.129. The summed E-state index contributed by atoms with van der Waals surface area (Å²) >= 11 is 2.06. The molecule has 0 saturated carbocycles. The Labute approximate surface area is 131 Å². The molecule has 3 rings (SSSR count). The summed E-state index contributed by atoms with van der Waals surface area (Å²) in [5, 5.41) is 14.8. The van der Waals surface area contributed by atoms with Gasteiger partial charge in [-0.05, 0) is 56.1 Å². The maximum atomic E-state index is 6.22. The van der Waals surface area contributed by atoms with E-state index in [-0.39, 0.29) is 5.60 Å². The predicted octanol–water partition coefficient (Wildman–Crippen LogP) is 2.54. The number of ether oxygens (including phenoxy) is 1. The Balaban J connectivity index is 1.72. The number of nitrogens with zero attached hydrogens (tertiary/aromatic N) is 2. The van der Waals surface area contributed by atoms with Crippen molar-refractivity contribution < 1.29 is 4.74 Å². The van der Waals surface area contributed by atoms with Crippen LogP contribution in [0, 0.1) is 5.92 Å². The van der Waals surface area contributed by atoms with Gasteiger partial charge in [-0.15, -0.1) is 0 Å². The molecule has 3 heterocycles. The lowest BCUT2D eigenvalue weighted by atomic mass is 9.78. The average molecular weight is 310 g/mol. The van der Waals surface area contributed by atoms with Crippen LogP contribution >= 0.6 is 11.8 Å². The first kappa shape index (κ1) is 15.3. The van der Waals surface area contributed by atoms with Gasteiger partial charge in [0.1, 0.15) is 0 Å². The Morgan fingerprint density at radius 1 is 1.52 bits per heavy atom. The van der Waals surface area contributed by atoms with Gasteiger partial charge in [0.15, 0.2) is 0 Å². The van der Waals surface area contributed by atoms with E-state index in [1.807, 2.05) is 6.20 Å². The summed E-state index contributed by atoms with van der Waals surface area (Å²) in [6, 6.07) is 0.305. The summed E-state index contributed by atoms with van der Waals surface area (Å²) in [4.78, 5) is 0. The quantitative estimate of drug-likeness (QED) is 0.875. The van der Waals surface area contributed by atoms with Crippen LogP contribution in [0.3, 0.4) is 0 Å². The molecule has 0 radical (unpaired) electrons. The molecule has 1 spiro atoms. The predicted molar refractivity (Wildman–Crippen MR) is 85.4 cm³/mol. The minimum atomic E-state index is 0.129. The van der Waals surface area contributed by atoms with Crippen LogP contribution in [0.15, 0.2) is 6.20 Å². The smallest absolute Gasteiger partial charge is 0.0996 e. The lowest BCUT2D eigenvalue weighted by Gasteiger charge is -2.45. The number of H-pyrrole nitrogens is 1. The Kier molecular flexibility index (Phi) is 5.19. The summed E-state index contributed by atoms with van der Waals surface area (Å²) in [6.07, 6.45) is 7.68. The van der Waals surface area contributed by atoms with Gasteiger partial charge >= 0.3 is 0 Å². The molecule has 0 aromatic carbocycles. The molecule has 5 nitrogen and oxygen atoms in total. The summed E-state index contributed by atoms with van der Waals surface area (Å²) in [5.74, 6) is 3.08. The van der Waals surface area contributed by atoms with E-state index in [0.29, 0.717) is 12.0 Å². The number of thioether (sulfide) groups is 1. The monoisotopic (exact) mass is 310 g/mol. The molecule has 2 fully saturated rings. The number of hydrogen-bond donors (Lipinski definition) is 2. The van der Waals surface area contributed by atoms with Crippen molar-refractivity contribution in [3.63, 3.8) is 0 Å². The normalized spacial score (nSPS) is 26.8. The SMILES string of the molecule is CCCNC(c1cn[nH]n1)C1CCOC2(CCSCC2)C1. The third-order valence-electron chi connectivity index (χ3n) is 4.77. The van der Waals surface area contributed by atoms with Crippen LogP contribution in [0.4, 0.5) is 0 Å². The molecular formula is C15H26N4OS. The van der Waals surface area contributed by atoms with Crippen LogP contribution in [-0.2, 0) is 4.74 Å². The number of nitrogens with one attached hydrogen (secondary N) is 2. The molecule has 6 heteroatoms. The van der Waals surface area contributed by atoms with Crippen molar-refractivity contribution in [3.8, 4) is 0 Å². The van der Waals surface area contributed by atoms with Gasteiger partial charge in [-0.2, -0.15) is 27.2 Å². The Morgan fingerprint density at radius 3 is 3.10 bits per heavy atom. The summed E-state index contributed by atoms with van der Waals surface area (Å²) in [7, 11) is 0. The van der Waals surface area contributed by atoms with E-state index in [9.17, 15) is 0 Å². The number of hydrogen-bond acceptors (Lipinski definition) is 5. The summed E-state index contributed by atoms with van der Waals surface area (Å²) in [6.45, 7) is 4.12. The molecule has 2 aliphatic rings. The van der Waals surface area contributed by atoms with E-state index in [4.69, 9.17) is 4.74 Å². The van der Waals surface area contributed by atoms with Crippen molar-refractivity contribution in [2.45, 2.75) is 50.7 Å². The van der Waals surface area contributed by atoms with Gasteiger partial charge in [0.05, 0.1) is 23.5 Å². The first-order valence-corrected chi connectivity index (χ1v) is 9.29. The zero-order valence-electron chi connectivity index (χ0n) is 12.8. The molecule has 2 N–H and O–H groups in total. The lowest BCUT2D eigenvalue weighted by Crippen LogP contribution is -2.46. The van der Waals surface area contributed by atoms with E-state index in [0.717, 1.165) is 38.1 Å². The molecule has 0 bridgehead atoms. The standard InChI is InChI=1S/C15H26N4OS/c1-2-6-16-14(13-11-17-19-18-13)12-3-7-20-15(10-12)4-8-21-9-5-15/h11-12,14,16H,2-10H2,1H3,(H,17,18,19). The highest BCUT2D eigenvalue weighted by molar-refractivity contribution is 7.99. The molecule has 21 heavy (non-hydrogen) atoms. The molecule has 2 aliphatic heterocycles. The second-order valence-corrected chi connectivity index (χ2v) is 7.45. The van der Waals surface area contributed by atoms with E-state index in [2.05, 4.69) is 39.4 Å². The van der Waals surface area contributed by atoms with E-state index >= 15 is 0 Å². The van der Waals surface area contributed by atoms with E-state index < -0.39 is 0 Å². The molecular weight excluding hydrogens is 284 g/mol. The molecule has 2 unspecified atom stereocenters. The second-order valence-electron chi connectivity index (χ2n) is 6.22. The Hall–Kier alpha value is -0.590. The van der Waals surface area contributed by atoms with Gasteiger partial charge in [-0.3, -0.25) is 0 Å². The van der Waals surface area contributed by atoms with Gasteiger partial charge in [0, 0.05) is 6.61 Å². The van der Waals surface area contributed by atoms with Gasteiger partial charge in [0.2, 0.25) is 0 Å². The zero-order valence-corrected chi connectivity index (χ0v) is 13.6. The Bertz CT molecular complexity index is 414. The molecule has 1 aromatic heterocycles. The summed E-state index contributed by atoms with van der Waals surface area (Å²) < 4.78 is 6.22.